The molecule has 0 saturated carbocycles. The number of imidazole rings is 4. The van der Waals surface area contributed by atoms with E-state index < -0.39 is 0 Å². The second-order valence-corrected chi connectivity index (χ2v) is 26.0. The zero-order valence-corrected chi connectivity index (χ0v) is 66.1. The van der Waals surface area contributed by atoms with Crippen LogP contribution in [0.15, 0.2) is 214 Å². The van der Waals surface area contributed by atoms with E-state index in [0.717, 1.165) is 0 Å². The minimum absolute atomic E-state index is 0. The molecule has 7 aromatic carbocycles. The lowest BCUT2D eigenvalue weighted by molar-refractivity contribution is -0.682. The van der Waals surface area contributed by atoms with E-state index >= 15 is 0 Å². The Bertz CT molecular complexity index is 4430. The largest absolute Gasteiger partial charge is 1.00 e. The van der Waals surface area contributed by atoms with Gasteiger partial charge in [-0.25, -0.2) is 28.2 Å². The second kappa shape index (κ2) is 44.1. The number of aromatic amines is 1. The Morgan fingerprint density at radius 3 is 1.04 bits per heavy atom. The highest BCUT2D eigenvalue weighted by atomic mass is 79.9. The maximum absolute atomic E-state index is 12.4. The Labute approximate surface area is 666 Å². The zero-order valence-electron chi connectivity index (χ0n) is 50.7. The summed E-state index contributed by atoms with van der Waals surface area (Å²) in [5.74, 6) is -0.368. The van der Waals surface area contributed by atoms with Crippen LogP contribution in [-0.4, -0.2) is 79.8 Å². The molecule has 0 amide bonds. The van der Waals surface area contributed by atoms with Gasteiger partial charge in [-0.1, -0.05) is 183 Å². The van der Waals surface area contributed by atoms with Crippen LogP contribution in [0.4, 0.5) is 0 Å². The van der Waals surface area contributed by atoms with Crippen molar-refractivity contribution < 1.29 is 76.7 Å². The molecule has 0 unspecified atom stereocenters. The van der Waals surface area contributed by atoms with Crippen LogP contribution in [0.1, 0.15) is 72.5 Å². The molecular weight excluding hydrogens is 1790 g/mol. The fraction of sp³-hybridized carbons (Fsp3) is 0.103. The lowest BCUT2D eigenvalue weighted by Gasteiger charge is -2.03. The quantitative estimate of drug-likeness (QED) is 0.0467. The Morgan fingerprint density at radius 1 is 0.364 bits per heavy atom. The van der Waals surface area contributed by atoms with Crippen LogP contribution in [0.2, 0.25) is 60.3 Å². The Balaban J connectivity index is 0.000000267. The summed E-state index contributed by atoms with van der Waals surface area (Å²) < 4.78 is 8.50. The van der Waals surface area contributed by atoms with Gasteiger partial charge < -0.3 is 43.5 Å². The lowest BCUT2D eigenvalue weighted by atomic mass is 10.1. The number of H-pyrrole nitrogens is 1. The number of halogens is 16. The smallest absolute Gasteiger partial charge is 0.244 e. The van der Waals surface area contributed by atoms with Crippen LogP contribution in [0.5, 0.6) is 0 Å². The lowest BCUT2D eigenvalue weighted by Crippen LogP contribution is -3.00. The molecule has 11 rings (SSSR count). The number of hydrogen-bond donors (Lipinski definition) is 1. The topological polar surface area (TPSA) is 184 Å². The molecule has 99 heavy (non-hydrogen) atoms. The highest BCUT2D eigenvalue weighted by Crippen LogP contribution is 2.27. The summed E-state index contributed by atoms with van der Waals surface area (Å²) in [6.45, 7) is 0.797. The first-order chi connectivity index (χ1) is 46.3. The number of alkyl halides is 2. The Hall–Kier alpha value is -5.53. The summed E-state index contributed by atoms with van der Waals surface area (Å²) in [6.07, 6.45) is 20.4. The van der Waals surface area contributed by atoms with E-state index in [1.807, 2.05) is 0 Å². The molecule has 0 aliphatic carbocycles. The number of rotatable bonds is 19. The molecule has 0 aliphatic heterocycles. The molecule has 4 aromatic heterocycles. The molecular formula is C68H50Br4Cl12N8O7. The third kappa shape index (κ3) is 29.0. The molecule has 0 radical (unpaired) electrons. The van der Waals surface area contributed by atoms with Crippen LogP contribution >= 0.6 is 171 Å². The van der Waals surface area contributed by atoms with Gasteiger partial charge in [0.15, 0.2) is 43.5 Å². The molecule has 0 atom stereocenters. The van der Waals surface area contributed by atoms with Crippen molar-refractivity contribution in [3.8, 4) is 0 Å². The molecule has 0 aliphatic rings. The van der Waals surface area contributed by atoms with Gasteiger partial charge in [0.1, 0.15) is 24.8 Å². The zero-order chi connectivity index (χ0) is 70.7. The highest BCUT2D eigenvalue weighted by molar-refractivity contribution is 9.09. The van der Waals surface area contributed by atoms with E-state index in [0.29, 0.717) is 110 Å². The molecule has 0 spiro atoms. The molecule has 0 saturated heterocycles. The molecule has 516 valence electrons. The number of ketones is 7. The minimum atomic E-state index is -0.118. The second-order valence-electron chi connectivity index (χ2n) is 19.9. The summed E-state index contributed by atoms with van der Waals surface area (Å²) >= 11 is 76.1. The first kappa shape index (κ1) is 85.9. The van der Waals surface area contributed by atoms with Crippen LogP contribution in [0, 0.1) is 0 Å². The predicted octanol–water partition coefficient (Wildman–Crippen LogP) is 13.6. The van der Waals surface area contributed by atoms with Gasteiger partial charge in [-0.3, -0.25) is 33.6 Å². The fourth-order valence-electron chi connectivity index (χ4n) is 7.93. The van der Waals surface area contributed by atoms with Gasteiger partial charge in [0.2, 0.25) is 35.8 Å². The van der Waals surface area contributed by atoms with E-state index in [1.54, 1.807) is 225 Å². The van der Waals surface area contributed by atoms with Crippen molar-refractivity contribution in [2.24, 2.45) is 0 Å². The average molecular weight is 1840 g/mol. The van der Waals surface area contributed by atoms with Gasteiger partial charge in [-0.2, -0.15) is 0 Å². The van der Waals surface area contributed by atoms with Gasteiger partial charge >= 0.3 is 0 Å². The molecule has 11 aromatic rings. The fourth-order valence-corrected chi connectivity index (χ4v) is 10.4. The van der Waals surface area contributed by atoms with Crippen molar-refractivity contribution in [3.05, 3.63) is 314 Å². The first-order valence-electron chi connectivity index (χ1n) is 27.9. The van der Waals surface area contributed by atoms with Gasteiger partial charge in [-0.05, 0) is 127 Å². The van der Waals surface area contributed by atoms with Crippen LogP contribution < -0.4 is 43.1 Å². The number of carbonyl (C=O) groups excluding carboxylic acids is 7. The molecule has 15 nitrogen and oxygen atoms in total. The molecule has 4 heterocycles. The SMILES string of the molecule is O=C(CBr)c1ccc(Cl)c(Cl)c1.O=C(CBr)c1cccc(Cl)c1.O=C(Cn1cc[n+](CC(=O)c2ccc(Cl)c(Cl)c2)c1)c1ccc(Cl)c(Cl)c1.O=C(Cn1cc[n+](CC(=O)c2ccc(Cl)cc2)c1)c1ccc(Cl)c(Cl)c1.O=C(Cn1ccnc1)c1ccc(Cl)c(Cl)c1.[Br-].[Br-].c1c[nH]cn1. The van der Waals surface area contributed by atoms with E-state index in [9.17, 15) is 33.6 Å². The highest BCUT2D eigenvalue weighted by Gasteiger charge is 2.19. The third-order valence-corrected chi connectivity index (χ3v) is 18.1. The van der Waals surface area contributed by atoms with Crippen molar-refractivity contribution in [2.45, 2.75) is 32.7 Å². The standard InChI is InChI=1S/C19H13Cl4N2O2.C19H14Cl3N2O2.C11H8Cl2N2O.C8H5BrCl2O.C8H6BrClO.C3H4N2.2BrH/c20-14-3-1-12(7-16(14)22)18(26)9-24-5-6-25(11-24)10-19(27)13-2-4-15(21)17(23)8-13;20-15-4-1-13(2-5-15)18(25)10-23-7-8-24(12-23)11-19(26)14-3-6-16(21)17(22)9-14;12-9-2-1-8(5-10(9)13)11(16)6-15-4-3-14-7-15;9-4-8(12)5-1-2-6(10)7(11)3-5;9-5-8(11)6-2-1-3-7(10)4-6;1-2-5-3-4-1;;/h1-8,11H,9-10H2;1-9,12H,10-11H2;1-5,7H,6H2;1-3H,4H2;1-4H,5H2;1-3H,(H,4,5);2*1H/q2*+1;;;;;;/p-2. The van der Waals surface area contributed by atoms with Crippen molar-refractivity contribution in [3.63, 3.8) is 0 Å². The van der Waals surface area contributed by atoms with Gasteiger partial charge in [0.25, 0.3) is 0 Å². The normalized spacial score (nSPS) is 10.1. The number of nitrogens with zero attached hydrogens (tertiary/aromatic N) is 7. The van der Waals surface area contributed by atoms with Crippen LogP contribution in [0.25, 0.3) is 0 Å². The van der Waals surface area contributed by atoms with E-state index in [1.165, 1.54) is 12.1 Å². The van der Waals surface area contributed by atoms with Gasteiger partial charge in [0.05, 0.1) is 80.1 Å². The van der Waals surface area contributed by atoms with Gasteiger partial charge in [-0.15, -0.1) is 0 Å². The maximum Gasteiger partial charge on any atom is 0.244 e. The molecule has 0 bridgehead atoms. The number of benzene rings is 7. The maximum atomic E-state index is 12.4. The minimum Gasteiger partial charge on any atom is -1.00 e. The van der Waals surface area contributed by atoms with Crippen LogP contribution in [0.3, 0.4) is 0 Å². The Kier molecular flexibility index (Phi) is 38.2. The summed E-state index contributed by atoms with van der Waals surface area (Å²) in [5.41, 5.74) is 3.77. The number of hydrogen-bond acceptors (Lipinski definition) is 9. The Morgan fingerprint density at radius 2 is 0.717 bits per heavy atom. The summed E-state index contributed by atoms with van der Waals surface area (Å²) in [6, 6.07) is 37.6. The average Bonchev–Trinajstić information content (AvgIpc) is 1.84. The molecule has 0 fully saturated rings. The predicted molar refractivity (Wildman–Crippen MR) is 393 cm³/mol. The summed E-state index contributed by atoms with van der Waals surface area (Å²) in [5, 5.41) is 5.72. The van der Waals surface area contributed by atoms with Crippen molar-refractivity contribution in [1.82, 2.24) is 28.7 Å². The number of aromatic nitrogens is 8. The molecule has 31 heteroatoms. The first-order valence-corrected chi connectivity index (χ1v) is 34.7. The number of nitrogens with one attached hydrogen (secondary N) is 1. The van der Waals surface area contributed by atoms with Crippen LogP contribution in [-0.2, 0) is 32.7 Å². The number of carbonyl (C=O) groups is 7. The van der Waals surface area contributed by atoms with E-state index in [2.05, 4.69) is 46.8 Å². The van der Waals surface area contributed by atoms with E-state index in [4.69, 9.17) is 139 Å². The molecule has 1 N–H and O–H groups in total. The summed E-state index contributed by atoms with van der Waals surface area (Å²) in [7, 11) is 0. The third-order valence-electron chi connectivity index (χ3n) is 12.9. The number of Topliss-reactive ketones (excluding diaryl/α,β-unsaturated/α-hetero) is 7. The summed E-state index contributed by atoms with van der Waals surface area (Å²) in [4.78, 5) is 93.7. The van der Waals surface area contributed by atoms with Crippen molar-refractivity contribution in [2.75, 3.05) is 10.7 Å². The van der Waals surface area contributed by atoms with Gasteiger partial charge in [0, 0.05) is 73.8 Å². The monoisotopic (exact) mass is 1830 g/mol. The van der Waals surface area contributed by atoms with Crippen molar-refractivity contribution in [1.29, 1.82) is 0 Å². The van der Waals surface area contributed by atoms with Crippen molar-refractivity contribution >= 4 is 212 Å². The van der Waals surface area contributed by atoms with E-state index in [-0.39, 0.29) is 107 Å².